The van der Waals surface area contributed by atoms with Gasteiger partial charge >= 0.3 is 0 Å². The van der Waals surface area contributed by atoms with E-state index in [2.05, 4.69) is 196 Å². The summed E-state index contributed by atoms with van der Waals surface area (Å²) in [5, 5.41) is 0. The van der Waals surface area contributed by atoms with Crippen molar-refractivity contribution >= 4 is 50.5 Å². The van der Waals surface area contributed by atoms with Gasteiger partial charge in [-0.2, -0.15) is 0 Å². The zero-order chi connectivity index (χ0) is 90.7. The van der Waals surface area contributed by atoms with Crippen LogP contribution in [0.4, 0.5) is 0 Å². The number of thiol groups is 4. The van der Waals surface area contributed by atoms with Gasteiger partial charge in [-0.15, -0.1) is 50.5 Å². The third-order valence-electron chi connectivity index (χ3n) is 25.9. The van der Waals surface area contributed by atoms with Crippen LogP contribution in [-0.4, -0.2) is 39.9 Å². The van der Waals surface area contributed by atoms with Crippen LogP contribution in [0.1, 0.15) is 498 Å². The molecular weight excluding hydrogens is 1610 g/mol. The first-order chi connectivity index (χ1) is 61.6. The molecule has 4 aromatic heterocycles. The van der Waals surface area contributed by atoms with Gasteiger partial charge in [-0.25, -0.2) is 39.9 Å². The fraction of sp³-hybridized carbons (Fsp3) is 0.649. The minimum absolute atomic E-state index is 0.575. The maximum Gasteiger partial charge on any atom is 0.160 e. The minimum atomic E-state index is 0.575. The molecule has 0 radical (unpaired) electrons. The summed E-state index contributed by atoms with van der Waals surface area (Å²) in [5.41, 5.74) is 14.6. The summed E-state index contributed by atoms with van der Waals surface area (Å²) in [6.45, 7) is 27.5. The van der Waals surface area contributed by atoms with Crippen molar-refractivity contribution in [1.82, 2.24) is 39.9 Å². The molecule has 0 spiro atoms. The second-order valence-electron chi connectivity index (χ2n) is 37.4. The van der Waals surface area contributed by atoms with Crippen LogP contribution in [0.5, 0.6) is 0 Å². The van der Waals surface area contributed by atoms with Gasteiger partial charge < -0.3 is 0 Å². The van der Waals surface area contributed by atoms with Gasteiger partial charge in [0.2, 0.25) is 0 Å². The topological polar surface area (TPSA) is 103 Å². The van der Waals surface area contributed by atoms with Gasteiger partial charge in [0.1, 0.15) is 0 Å². The van der Waals surface area contributed by atoms with E-state index in [-0.39, 0.29) is 0 Å². The molecular formula is C114H180N8S4. The number of benzene rings is 4. The van der Waals surface area contributed by atoms with Gasteiger partial charge in [0.15, 0.2) is 23.3 Å². The molecule has 4 aromatic carbocycles. The monoisotopic (exact) mass is 1790 g/mol. The van der Waals surface area contributed by atoms with Crippen molar-refractivity contribution in [3.05, 3.63) is 167 Å². The molecule has 4 unspecified atom stereocenters. The van der Waals surface area contributed by atoms with Crippen LogP contribution in [0.25, 0.3) is 45.6 Å². The molecule has 8 rings (SSSR count). The van der Waals surface area contributed by atoms with Crippen LogP contribution in [-0.2, 0) is 25.7 Å². The Labute approximate surface area is 795 Å². The number of nitrogens with zero attached hydrogens (tertiary/aromatic N) is 8. The first-order valence-electron chi connectivity index (χ1n) is 52.2. The lowest BCUT2D eigenvalue weighted by Crippen LogP contribution is -1.97. The van der Waals surface area contributed by atoms with E-state index in [4.69, 9.17) is 50.5 Å². The highest BCUT2D eigenvalue weighted by Crippen LogP contribution is 2.36. The molecule has 0 saturated heterocycles. The van der Waals surface area contributed by atoms with E-state index in [1.54, 1.807) is 0 Å². The summed E-state index contributed by atoms with van der Waals surface area (Å²) in [4.78, 5) is 41.1. The molecule has 700 valence electrons. The molecule has 0 aliphatic carbocycles. The third-order valence-corrected chi connectivity index (χ3v) is 27.4. The maximum atomic E-state index is 4.76. The Kier molecular flexibility index (Phi) is 63.7. The van der Waals surface area contributed by atoms with Crippen molar-refractivity contribution in [3.63, 3.8) is 0 Å². The zero-order valence-corrected chi connectivity index (χ0v) is 85.8. The van der Waals surface area contributed by atoms with Crippen molar-refractivity contribution in [2.24, 2.45) is 0 Å². The van der Waals surface area contributed by atoms with E-state index in [1.165, 1.54) is 391 Å². The summed E-state index contributed by atoms with van der Waals surface area (Å²) in [5.74, 6) is 5.44. The van der Waals surface area contributed by atoms with Crippen molar-refractivity contribution in [2.75, 3.05) is 0 Å². The Morgan fingerprint density at radius 2 is 0.333 bits per heavy atom. The van der Waals surface area contributed by atoms with E-state index < -0.39 is 0 Å². The number of hydrogen-bond acceptors (Lipinski definition) is 12. The smallest absolute Gasteiger partial charge is 0.160 e. The molecule has 8 nitrogen and oxygen atoms in total. The van der Waals surface area contributed by atoms with Gasteiger partial charge in [0.05, 0.1) is 0 Å². The standard InChI is InChI=1S/C30H48N2S.C29H46N2S.C28H44N2S.C27H42N2S/c1-4-6-8-10-11-12-13-14-15-17-19-26-23-31-30(32-24-26)28-21-20-27(22-29(28)33)25(3)18-16-9-7-5-2;1-4-6-8-10-11-12-13-14-16-18-25-22-30-29(31-23-25)27-20-19-26(21-28(27)32)24(3)17-15-9-7-5-2;1-4-6-8-10-11-12-13-15-17-24-21-29-28(30-22-24)26-19-18-25(20-27(26)31)23(3)16-14-9-7-5-2;1-4-6-8-10-11-12-14-16-23-20-28-27(29-21-23)25-18-17-24(19-26(25)30)22(3)15-13-9-7-5-2/h20-25,33H,4-19H2,1-3H3;19-24,32H,4-18H2,1-3H3;18-23,31H,4-17H2,1-3H3;17-22,30H,4-16H2,1-3H3. The summed E-state index contributed by atoms with van der Waals surface area (Å²) in [6.07, 6.45) is 92.6. The van der Waals surface area contributed by atoms with Crippen LogP contribution in [0.2, 0.25) is 0 Å². The normalized spacial score (nSPS) is 12.3. The molecule has 0 fully saturated rings. The maximum absolute atomic E-state index is 4.76. The number of aromatic nitrogens is 8. The van der Waals surface area contributed by atoms with Crippen molar-refractivity contribution in [2.45, 2.75) is 499 Å². The van der Waals surface area contributed by atoms with Gasteiger partial charge in [0, 0.05) is 91.4 Å². The second-order valence-corrected chi connectivity index (χ2v) is 39.3. The van der Waals surface area contributed by atoms with Crippen molar-refractivity contribution in [3.8, 4) is 45.6 Å². The highest BCUT2D eigenvalue weighted by Gasteiger charge is 2.17. The average molecular weight is 1790 g/mol. The summed E-state index contributed by atoms with van der Waals surface area (Å²) < 4.78 is 0. The Morgan fingerprint density at radius 1 is 0.190 bits per heavy atom. The molecule has 0 bridgehead atoms. The Morgan fingerprint density at radius 3 is 0.484 bits per heavy atom. The largest absolute Gasteiger partial charge is 0.236 e. The number of unbranched alkanes of at least 4 members (excludes halogenated alkanes) is 42. The highest BCUT2D eigenvalue weighted by molar-refractivity contribution is 7.81. The zero-order valence-electron chi connectivity index (χ0n) is 82.2. The molecule has 4 atom stereocenters. The molecule has 0 aliphatic rings. The van der Waals surface area contributed by atoms with Gasteiger partial charge in [-0.1, -0.05) is 403 Å². The van der Waals surface area contributed by atoms with E-state index in [0.717, 1.165) is 90.8 Å². The van der Waals surface area contributed by atoms with Crippen molar-refractivity contribution in [1.29, 1.82) is 0 Å². The fourth-order valence-electron chi connectivity index (χ4n) is 17.1. The number of aryl methyl sites for hydroxylation is 4. The fourth-order valence-corrected chi connectivity index (χ4v) is 18.3. The van der Waals surface area contributed by atoms with Crippen LogP contribution in [0.3, 0.4) is 0 Å². The molecule has 4 heterocycles. The SMILES string of the molecule is CCCCCCCCCCCCc1cnc(-c2ccc(C(C)CCCCCC)cc2S)nc1.CCCCCCCCCCCc1cnc(-c2ccc(C(C)CCCCCC)cc2S)nc1.CCCCCCCCCCc1cnc(-c2ccc(C(C)CCCCCC)cc2S)nc1.CCCCCCCCCc1cnc(-c2ccc(C(C)CCCCCC)cc2S)nc1. The molecule has 0 N–H and O–H groups in total. The predicted octanol–water partition coefficient (Wildman–Crippen LogP) is 37.5. The Bertz CT molecular complexity index is 3960. The summed E-state index contributed by atoms with van der Waals surface area (Å²) in [6, 6.07) is 26.4. The van der Waals surface area contributed by atoms with Gasteiger partial charge in [0.25, 0.3) is 0 Å². The molecule has 8 aromatic rings. The molecule has 0 aliphatic heterocycles. The highest BCUT2D eigenvalue weighted by atomic mass is 32.1. The second kappa shape index (κ2) is 72.2. The minimum Gasteiger partial charge on any atom is -0.236 e. The lowest BCUT2D eigenvalue weighted by Gasteiger charge is -2.14. The van der Waals surface area contributed by atoms with Gasteiger partial charge in [-0.05, 0) is 194 Å². The molecule has 12 heteroatoms. The first kappa shape index (κ1) is 111. The quantitative estimate of drug-likeness (QED) is 0.0221. The number of hydrogen-bond donors (Lipinski definition) is 4. The molecule has 0 amide bonds. The third kappa shape index (κ3) is 48.1. The lowest BCUT2D eigenvalue weighted by molar-refractivity contribution is 0.556. The van der Waals surface area contributed by atoms with E-state index in [1.807, 2.05) is 49.6 Å². The molecule has 0 saturated carbocycles. The van der Waals surface area contributed by atoms with Gasteiger partial charge in [-0.3, -0.25) is 0 Å². The van der Waals surface area contributed by atoms with Crippen LogP contribution in [0.15, 0.2) is 142 Å². The summed E-state index contributed by atoms with van der Waals surface area (Å²) >= 11 is 19.0. The lowest BCUT2D eigenvalue weighted by atomic mass is 9.94. The first-order valence-corrected chi connectivity index (χ1v) is 54.0. The number of rotatable bonds is 66. The predicted molar refractivity (Wildman–Crippen MR) is 562 cm³/mol. The Balaban J connectivity index is 0.000000298. The van der Waals surface area contributed by atoms with E-state index >= 15 is 0 Å². The van der Waals surface area contributed by atoms with Crippen LogP contribution < -0.4 is 0 Å². The molecule has 126 heavy (non-hydrogen) atoms. The average Bonchev–Trinajstić information content (AvgIpc) is 0.840. The van der Waals surface area contributed by atoms with Crippen LogP contribution >= 0.6 is 50.5 Å². The van der Waals surface area contributed by atoms with E-state index in [0.29, 0.717) is 23.7 Å². The Hall–Kier alpha value is -5.40. The van der Waals surface area contributed by atoms with E-state index in [9.17, 15) is 0 Å². The summed E-state index contributed by atoms with van der Waals surface area (Å²) in [7, 11) is 0. The van der Waals surface area contributed by atoms with Crippen molar-refractivity contribution < 1.29 is 0 Å². The van der Waals surface area contributed by atoms with Crippen LogP contribution in [0, 0.1) is 0 Å².